The van der Waals surface area contributed by atoms with Gasteiger partial charge in [0.1, 0.15) is 5.01 Å². The highest BCUT2D eigenvalue weighted by Gasteiger charge is 2.09. The highest BCUT2D eigenvalue weighted by Crippen LogP contribution is 2.14. The summed E-state index contributed by atoms with van der Waals surface area (Å²) in [6.45, 7) is 5.64. The lowest BCUT2D eigenvalue weighted by Gasteiger charge is -2.10. The van der Waals surface area contributed by atoms with Crippen LogP contribution in [0.25, 0.3) is 0 Å². The van der Waals surface area contributed by atoms with Crippen LogP contribution in [0.15, 0.2) is 23.7 Å². The molecule has 1 aromatic heterocycles. The minimum Gasteiger partial charge on any atom is -0.478 e. The Bertz CT molecular complexity index is 322. The Labute approximate surface area is 86.3 Å². The number of carboxylic acids is 1. The fraction of sp³-hybridized carbons (Fsp3) is 0.333. The van der Waals surface area contributed by atoms with E-state index in [2.05, 4.69) is 16.9 Å². The van der Waals surface area contributed by atoms with Crippen LogP contribution in [-0.4, -0.2) is 22.6 Å². The third-order valence-electron chi connectivity index (χ3n) is 1.75. The Kier molecular flexibility index (Phi) is 3.79. The molecule has 1 aromatic rings. The van der Waals surface area contributed by atoms with Crippen LogP contribution >= 0.6 is 11.3 Å². The lowest BCUT2D eigenvalue weighted by atomic mass is 10.3. The van der Waals surface area contributed by atoms with Gasteiger partial charge in [-0.3, -0.25) is 0 Å². The zero-order chi connectivity index (χ0) is 10.6. The number of nitrogens with zero attached hydrogens (tertiary/aromatic N) is 1. The van der Waals surface area contributed by atoms with Crippen molar-refractivity contribution in [3.8, 4) is 0 Å². The SMILES string of the molecule is C=C(CNC(C)c1nccs1)C(=O)O. The van der Waals surface area contributed by atoms with Crippen molar-refractivity contribution in [2.24, 2.45) is 0 Å². The minimum absolute atomic E-state index is 0.0612. The molecule has 1 rings (SSSR count). The molecule has 0 aliphatic rings. The maximum Gasteiger partial charge on any atom is 0.332 e. The lowest BCUT2D eigenvalue weighted by Crippen LogP contribution is -2.23. The Morgan fingerprint density at radius 1 is 1.86 bits per heavy atom. The van der Waals surface area contributed by atoms with Gasteiger partial charge in [-0.1, -0.05) is 6.58 Å². The first-order chi connectivity index (χ1) is 6.61. The molecule has 0 spiro atoms. The molecular weight excluding hydrogens is 200 g/mol. The van der Waals surface area contributed by atoms with Crippen LogP contribution in [0.1, 0.15) is 18.0 Å². The second-order valence-electron chi connectivity index (χ2n) is 2.88. The van der Waals surface area contributed by atoms with Crippen molar-refractivity contribution in [1.82, 2.24) is 10.3 Å². The van der Waals surface area contributed by atoms with E-state index in [9.17, 15) is 4.79 Å². The molecule has 1 atom stereocenters. The summed E-state index contributed by atoms with van der Waals surface area (Å²) < 4.78 is 0. The van der Waals surface area contributed by atoms with E-state index in [0.717, 1.165) is 5.01 Å². The summed E-state index contributed by atoms with van der Waals surface area (Å²) in [7, 11) is 0. The van der Waals surface area contributed by atoms with Crippen molar-refractivity contribution in [2.75, 3.05) is 6.54 Å². The van der Waals surface area contributed by atoms with Crippen LogP contribution in [0.4, 0.5) is 0 Å². The Hall–Kier alpha value is -1.20. The molecule has 0 bridgehead atoms. The molecule has 0 fully saturated rings. The number of aromatic nitrogens is 1. The quantitative estimate of drug-likeness (QED) is 0.725. The Balaban J connectivity index is 2.39. The molecule has 0 radical (unpaired) electrons. The summed E-state index contributed by atoms with van der Waals surface area (Å²) in [5, 5.41) is 14.4. The second-order valence-corrected chi connectivity index (χ2v) is 3.81. The summed E-state index contributed by atoms with van der Waals surface area (Å²) >= 11 is 1.54. The molecule has 0 aliphatic carbocycles. The third kappa shape index (κ3) is 2.93. The topological polar surface area (TPSA) is 62.2 Å². The van der Waals surface area contributed by atoms with Gasteiger partial charge >= 0.3 is 5.97 Å². The lowest BCUT2D eigenvalue weighted by molar-refractivity contribution is -0.132. The highest BCUT2D eigenvalue weighted by atomic mass is 32.1. The molecule has 0 saturated heterocycles. The molecule has 0 amide bonds. The van der Waals surface area contributed by atoms with Gasteiger partial charge in [-0.15, -0.1) is 11.3 Å². The zero-order valence-electron chi connectivity index (χ0n) is 7.86. The van der Waals surface area contributed by atoms with Crippen molar-refractivity contribution < 1.29 is 9.90 Å². The van der Waals surface area contributed by atoms with Gasteiger partial charge in [0.15, 0.2) is 0 Å². The zero-order valence-corrected chi connectivity index (χ0v) is 8.67. The van der Waals surface area contributed by atoms with Crippen LogP contribution in [-0.2, 0) is 4.79 Å². The van der Waals surface area contributed by atoms with Gasteiger partial charge in [-0.2, -0.15) is 0 Å². The number of thiazole rings is 1. The molecule has 1 heterocycles. The van der Waals surface area contributed by atoms with Crippen LogP contribution in [0, 0.1) is 0 Å². The molecular formula is C9H12N2O2S. The monoisotopic (exact) mass is 212 g/mol. The molecule has 76 valence electrons. The maximum absolute atomic E-state index is 10.4. The van der Waals surface area contributed by atoms with E-state index in [1.165, 1.54) is 0 Å². The summed E-state index contributed by atoms with van der Waals surface area (Å²) in [5.41, 5.74) is 0.161. The van der Waals surface area contributed by atoms with E-state index < -0.39 is 5.97 Å². The van der Waals surface area contributed by atoms with Crippen molar-refractivity contribution in [3.63, 3.8) is 0 Å². The summed E-state index contributed by atoms with van der Waals surface area (Å²) in [4.78, 5) is 14.6. The van der Waals surface area contributed by atoms with Crippen molar-refractivity contribution in [2.45, 2.75) is 13.0 Å². The number of carboxylic acid groups (broad SMARTS) is 1. The van der Waals surface area contributed by atoms with Gasteiger partial charge in [0.05, 0.1) is 6.04 Å². The fourth-order valence-electron chi connectivity index (χ4n) is 0.888. The van der Waals surface area contributed by atoms with Crippen molar-refractivity contribution in [3.05, 3.63) is 28.7 Å². The maximum atomic E-state index is 10.4. The van der Waals surface area contributed by atoms with Crippen LogP contribution in [0.3, 0.4) is 0 Å². The van der Waals surface area contributed by atoms with Crippen molar-refractivity contribution in [1.29, 1.82) is 0 Å². The van der Waals surface area contributed by atoms with Gasteiger partial charge in [0, 0.05) is 23.7 Å². The Morgan fingerprint density at radius 2 is 2.57 bits per heavy atom. The van der Waals surface area contributed by atoms with Gasteiger partial charge < -0.3 is 10.4 Å². The molecule has 14 heavy (non-hydrogen) atoms. The van der Waals surface area contributed by atoms with Crippen LogP contribution < -0.4 is 5.32 Å². The van der Waals surface area contributed by atoms with Crippen LogP contribution in [0.5, 0.6) is 0 Å². The van der Waals surface area contributed by atoms with Gasteiger partial charge in [0.25, 0.3) is 0 Å². The van der Waals surface area contributed by atoms with E-state index in [1.807, 2.05) is 12.3 Å². The largest absolute Gasteiger partial charge is 0.478 e. The minimum atomic E-state index is -0.969. The number of hydrogen-bond donors (Lipinski definition) is 2. The Morgan fingerprint density at radius 3 is 3.07 bits per heavy atom. The normalized spacial score (nSPS) is 12.4. The molecule has 0 aliphatic heterocycles. The number of carbonyl (C=O) groups is 1. The van der Waals surface area contributed by atoms with E-state index in [0.29, 0.717) is 0 Å². The number of nitrogens with one attached hydrogen (secondary N) is 1. The summed E-state index contributed by atoms with van der Waals surface area (Å²) in [6, 6.07) is 0.0612. The molecule has 2 N–H and O–H groups in total. The van der Waals surface area contributed by atoms with E-state index in [1.54, 1.807) is 17.5 Å². The average molecular weight is 212 g/mol. The van der Waals surface area contributed by atoms with Gasteiger partial charge in [-0.05, 0) is 6.92 Å². The van der Waals surface area contributed by atoms with Gasteiger partial charge in [-0.25, -0.2) is 9.78 Å². The first-order valence-corrected chi connectivity index (χ1v) is 5.03. The smallest absolute Gasteiger partial charge is 0.332 e. The first kappa shape index (κ1) is 10.9. The molecule has 0 aromatic carbocycles. The van der Waals surface area contributed by atoms with Gasteiger partial charge in [0.2, 0.25) is 0 Å². The van der Waals surface area contributed by atoms with E-state index >= 15 is 0 Å². The molecule has 0 saturated carbocycles. The second kappa shape index (κ2) is 4.88. The molecule has 1 unspecified atom stereocenters. The average Bonchev–Trinajstić information content (AvgIpc) is 2.66. The first-order valence-electron chi connectivity index (χ1n) is 4.15. The predicted octanol–water partition coefficient (Wildman–Crippen LogP) is 1.43. The van der Waals surface area contributed by atoms with E-state index in [4.69, 9.17) is 5.11 Å². The number of rotatable bonds is 5. The predicted molar refractivity (Wildman–Crippen MR) is 55.3 cm³/mol. The standard InChI is InChI=1S/C9H12N2O2S/c1-6(9(12)13)5-11-7(2)8-10-3-4-14-8/h3-4,7,11H,1,5H2,2H3,(H,12,13). The van der Waals surface area contributed by atoms with Crippen LogP contribution in [0.2, 0.25) is 0 Å². The molecule has 4 nitrogen and oxygen atoms in total. The van der Waals surface area contributed by atoms with E-state index in [-0.39, 0.29) is 18.2 Å². The fourth-order valence-corrected chi connectivity index (χ4v) is 1.56. The number of aliphatic carboxylic acids is 1. The molecule has 5 heteroatoms. The third-order valence-corrected chi connectivity index (χ3v) is 2.70. The van der Waals surface area contributed by atoms with Crippen molar-refractivity contribution >= 4 is 17.3 Å². The number of hydrogen-bond acceptors (Lipinski definition) is 4. The highest BCUT2D eigenvalue weighted by molar-refractivity contribution is 7.09. The summed E-state index contributed by atoms with van der Waals surface area (Å²) in [5.74, 6) is -0.969. The summed E-state index contributed by atoms with van der Waals surface area (Å²) in [6.07, 6.45) is 1.73.